The first-order valence-corrected chi connectivity index (χ1v) is 9.40. The van der Waals surface area contributed by atoms with Crippen LogP contribution in [0.2, 0.25) is 0 Å². The number of carbonyl (C=O) groups is 1. The van der Waals surface area contributed by atoms with E-state index in [9.17, 15) is 4.79 Å². The van der Waals surface area contributed by atoms with Crippen LogP contribution in [-0.2, 0) is 11.3 Å². The van der Waals surface area contributed by atoms with Crippen LogP contribution in [0.15, 0.2) is 29.3 Å². The third-order valence-corrected chi connectivity index (χ3v) is 3.45. The van der Waals surface area contributed by atoms with E-state index in [4.69, 9.17) is 4.74 Å². The molecule has 0 heterocycles. The van der Waals surface area contributed by atoms with Gasteiger partial charge in [0.05, 0.1) is 13.1 Å². The van der Waals surface area contributed by atoms with E-state index < -0.39 is 0 Å². The Morgan fingerprint density at radius 3 is 2.52 bits per heavy atom. The Morgan fingerprint density at radius 2 is 1.89 bits per heavy atom. The molecule has 0 fully saturated rings. The van der Waals surface area contributed by atoms with Crippen LogP contribution in [0.4, 0.5) is 0 Å². The Labute approximate surface area is 163 Å². The van der Waals surface area contributed by atoms with Gasteiger partial charge >= 0.3 is 0 Å². The van der Waals surface area contributed by atoms with E-state index in [2.05, 4.69) is 25.8 Å². The molecular formula is C20H35N5O2. The first-order valence-electron chi connectivity index (χ1n) is 9.40. The first-order chi connectivity index (χ1) is 12.7. The van der Waals surface area contributed by atoms with Crippen molar-refractivity contribution in [3.63, 3.8) is 0 Å². The Kier molecular flexibility index (Phi) is 9.64. The van der Waals surface area contributed by atoms with Gasteiger partial charge in [-0.1, -0.05) is 18.2 Å². The predicted octanol–water partition coefficient (Wildman–Crippen LogP) is 1.60. The zero-order chi connectivity index (χ0) is 20.3. The number of rotatable bonds is 9. The van der Waals surface area contributed by atoms with Gasteiger partial charge in [-0.3, -0.25) is 4.79 Å². The minimum atomic E-state index is -0.253. The zero-order valence-electron chi connectivity index (χ0n) is 17.6. The highest BCUT2D eigenvalue weighted by atomic mass is 16.5. The summed E-state index contributed by atoms with van der Waals surface area (Å²) >= 11 is 0. The molecule has 0 unspecified atom stereocenters. The number of benzene rings is 1. The molecule has 1 rings (SSSR count). The predicted molar refractivity (Wildman–Crippen MR) is 111 cm³/mol. The van der Waals surface area contributed by atoms with E-state index in [0.717, 1.165) is 17.9 Å². The summed E-state index contributed by atoms with van der Waals surface area (Å²) in [7, 11) is 4.04. The number of hydrogen-bond acceptors (Lipinski definition) is 4. The molecule has 0 saturated carbocycles. The van der Waals surface area contributed by atoms with Crippen molar-refractivity contribution in [2.24, 2.45) is 4.99 Å². The Balaban J connectivity index is 2.68. The Bertz CT molecular complexity index is 609. The molecule has 0 saturated heterocycles. The van der Waals surface area contributed by atoms with E-state index in [1.54, 1.807) is 0 Å². The van der Waals surface area contributed by atoms with Crippen molar-refractivity contribution in [2.45, 2.75) is 39.8 Å². The summed E-state index contributed by atoms with van der Waals surface area (Å²) in [6.45, 7) is 10.7. The van der Waals surface area contributed by atoms with Crippen molar-refractivity contribution >= 4 is 11.9 Å². The third kappa shape index (κ3) is 10.5. The van der Waals surface area contributed by atoms with Gasteiger partial charge in [-0.25, -0.2) is 4.99 Å². The van der Waals surface area contributed by atoms with Crippen molar-refractivity contribution in [3.8, 4) is 5.75 Å². The molecule has 1 amide bonds. The van der Waals surface area contributed by atoms with E-state index in [0.29, 0.717) is 25.7 Å². The number of amides is 1. The fraction of sp³-hybridized carbons (Fsp3) is 0.600. The number of carbonyl (C=O) groups excluding carboxylic acids is 1. The van der Waals surface area contributed by atoms with Crippen LogP contribution in [-0.4, -0.2) is 62.6 Å². The smallest absolute Gasteiger partial charge is 0.239 e. The standard InChI is InChI=1S/C20H35N5O2/c1-7-21-19(23-15-18(26)24-20(2,3)4)22-14-16-10-8-9-11-17(16)27-13-12-25(5)6/h8-11H,7,12-15H2,1-6H3,(H,24,26)(H2,21,22,23). The molecule has 1 aromatic carbocycles. The summed E-state index contributed by atoms with van der Waals surface area (Å²) in [5.41, 5.74) is 0.754. The molecule has 27 heavy (non-hydrogen) atoms. The molecule has 7 nitrogen and oxygen atoms in total. The molecule has 0 aliphatic rings. The van der Waals surface area contributed by atoms with E-state index in [1.165, 1.54) is 0 Å². The maximum Gasteiger partial charge on any atom is 0.239 e. The summed E-state index contributed by atoms with van der Waals surface area (Å²) < 4.78 is 5.88. The molecule has 3 N–H and O–H groups in total. The monoisotopic (exact) mass is 377 g/mol. The topological polar surface area (TPSA) is 78.0 Å². The number of likely N-dealkylation sites (N-methyl/N-ethyl adjacent to an activating group) is 1. The lowest BCUT2D eigenvalue weighted by molar-refractivity contribution is -0.121. The molecule has 0 aromatic heterocycles. The quantitative estimate of drug-likeness (QED) is 0.450. The van der Waals surface area contributed by atoms with E-state index in [-0.39, 0.29) is 18.0 Å². The van der Waals surface area contributed by atoms with Crippen LogP contribution in [0.25, 0.3) is 0 Å². The second-order valence-electron chi connectivity index (χ2n) is 7.61. The Morgan fingerprint density at radius 1 is 1.19 bits per heavy atom. The third-order valence-electron chi connectivity index (χ3n) is 3.45. The second kappa shape index (κ2) is 11.4. The largest absolute Gasteiger partial charge is 0.492 e. The van der Waals surface area contributed by atoms with Gasteiger partial charge in [-0.15, -0.1) is 0 Å². The summed E-state index contributed by atoms with van der Waals surface area (Å²) in [6.07, 6.45) is 0. The summed E-state index contributed by atoms with van der Waals surface area (Å²) in [4.78, 5) is 18.6. The van der Waals surface area contributed by atoms with Gasteiger partial charge < -0.3 is 25.6 Å². The van der Waals surface area contributed by atoms with Gasteiger partial charge in [-0.2, -0.15) is 0 Å². The summed E-state index contributed by atoms with van der Waals surface area (Å²) in [5, 5.41) is 9.15. The van der Waals surface area contributed by atoms with Gasteiger partial charge in [0.2, 0.25) is 5.91 Å². The van der Waals surface area contributed by atoms with Gasteiger partial charge in [0.1, 0.15) is 12.4 Å². The number of guanidine groups is 1. The van der Waals surface area contributed by atoms with Gasteiger partial charge in [0.25, 0.3) is 0 Å². The summed E-state index contributed by atoms with van der Waals surface area (Å²) in [6, 6.07) is 7.89. The lowest BCUT2D eigenvalue weighted by Crippen LogP contribution is -2.48. The number of ether oxygens (including phenoxy) is 1. The zero-order valence-corrected chi connectivity index (χ0v) is 17.6. The lowest BCUT2D eigenvalue weighted by Gasteiger charge is -2.21. The minimum Gasteiger partial charge on any atom is -0.492 e. The molecule has 0 radical (unpaired) electrons. The van der Waals surface area contributed by atoms with Gasteiger partial charge in [0, 0.05) is 24.2 Å². The van der Waals surface area contributed by atoms with Gasteiger partial charge in [0.15, 0.2) is 5.96 Å². The molecule has 0 aliphatic heterocycles. The van der Waals surface area contributed by atoms with Crippen LogP contribution in [0.1, 0.15) is 33.3 Å². The van der Waals surface area contributed by atoms with E-state index in [1.807, 2.05) is 66.1 Å². The van der Waals surface area contributed by atoms with Crippen molar-refractivity contribution in [1.82, 2.24) is 20.9 Å². The molecular weight excluding hydrogens is 342 g/mol. The average molecular weight is 378 g/mol. The first kappa shape index (κ1) is 22.8. The lowest BCUT2D eigenvalue weighted by atomic mass is 10.1. The number of aliphatic imine (C=N–C) groups is 1. The fourth-order valence-corrected chi connectivity index (χ4v) is 2.25. The molecule has 7 heteroatoms. The van der Waals surface area contributed by atoms with Crippen LogP contribution >= 0.6 is 0 Å². The van der Waals surface area contributed by atoms with Crippen LogP contribution in [0.5, 0.6) is 5.75 Å². The average Bonchev–Trinajstić information content (AvgIpc) is 2.56. The SMILES string of the molecule is CCNC(=NCc1ccccc1OCCN(C)C)NCC(=O)NC(C)(C)C. The van der Waals surface area contributed by atoms with Crippen molar-refractivity contribution in [3.05, 3.63) is 29.8 Å². The summed E-state index contributed by atoms with van der Waals surface area (Å²) in [5.74, 6) is 1.37. The molecule has 1 aromatic rings. The number of hydrogen-bond donors (Lipinski definition) is 3. The Hall–Kier alpha value is -2.28. The number of nitrogens with zero attached hydrogens (tertiary/aromatic N) is 2. The molecule has 0 bridgehead atoms. The maximum atomic E-state index is 12.0. The maximum absolute atomic E-state index is 12.0. The van der Waals surface area contributed by atoms with Crippen molar-refractivity contribution in [1.29, 1.82) is 0 Å². The molecule has 152 valence electrons. The van der Waals surface area contributed by atoms with Crippen LogP contribution < -0.4 is 20.7 Å². The van der Waals surface area contributed by atoms with Crippen molar-refractivity contribution < 1.29 is 9.53 Å². The highest BCUT2D eigenvalue weighted by molar-refractivity contribution is 5.86. The van der Waals surface area contributed by atoms with Gasteiger partial charge in [-0.05, 0) is 47.9 Å². The van der Waals surface area contributed by atoms with E-state index >= 15 is 0 Å². The normalized spacial score (nSPS) is 12.0. The molecule has 0 aliphatic carbocycles. The highest BCUT2D eigenvalue weighted by Gasteiger charge is 2.13. The highest BCUT2D eigenvalue weighted by Crippen LogP contribution is 2.18. The minimum absolute atomic E-state index is 0.0690. The number of nitrogens with one attached hydrogen (secondary N) is 3. The molecule has 0 atom stereocenters. The molecule has 0 spiro atoms. The van der Waals surface area contributed by atoms with Crippen LogP contribution in [0.3, 0.4) is 0 Å². The van der Waals surface area contributed by atoms with Crippen LogP contribution in [0, 0.1) is 0 Å². The van der Waals surface area contributed by atoms with Crippen molar-refractivity contribution in [2.75, 3.05) is 40.3 Å². The fourth-order valence-electron chi connectivity index (χ4n) is 2.25. The number of para-hydroxylation sites is 1. The second-order valence-corrected chi connectivity index (χ2v) is 7.61.